The number of nitrogens with zero attached hydrogens (tertiary/aromatic N) is 6. The third-order valence-corrected chi connectivity index (χ3v) is 12.4. The minimum Gasteiger partial charge on any atom is -0.507 e. The zero-order valence-corrected chi connectivity index (χ0v) is 33.3. The van der Waals surface area contributed by atoms with Crippen LogP contribution in [0, 0.1) is 12.8 Å². The molecule has 3 atom stereocenters. The zero-order valence-electron chi connectivity index (χ0n) is 32.4. The quantitative estimate of drug-likeness (QED) is 0.128. The van der Waals surface area contributed by atoms with Gasteiger partial charge in [-0.3, -0.25) is 14.4 Å². The van der Waals surface area contributed by atoms with Gasteiger partial charge in [0.1, 0.15) is 29.2 Å². The molecular formula is C43H46N8O5S. The van der Waals surface area contributed by atoms with E-state index in [1.165, 1.54) is 0 Å². The number of para-hydroxylation sites is 1. The molecule has 294 valence electrons. The van der Waals surface area contributed by atoms with Crippen LogP contribution in [0.1, 0.15) is 97.5 Å². The Morgan fingerprint density at radius 3 is 2.46 bits per heavy atom. The minimum absolute atomic E-state index is 0.0658. The number of hydrogen-bond acceptors (Lipinski definition) is 10. The number of phenols is 1. The van der Waals surface area contributed by atoms with Crippen molar-refractivity contribution in [1.29, 1.82) is 0 Å². The summed E-state index contributed by atoms with van der Waals surface area (Å²) in [7, 11) is 0. The van der Waals surface area contributed by atoms with Gasteiger partial charge in [0.15, 0.2) is 5.65 Å². The first-order chi connectivity index (χ1) is 27.5. The second-order valence-corrected chi connectivity index (χ2v) is 16.3. The van der Waals surface area contributed by atoms with E-state index in [-0.39, 0.29) is 41.3 Å². The van der Waals surface area contributed by atoms with Crippen LogP contribution in [0.25, 0.3) is 32.7 Å². The molecule has 14 heteroatoms. The number of phenolic OH excluding ortho intramolecular Hbond substituents is 1. The third kappa shape index (κ3) is 7.65. The van der Waals surface area contributed by atoms with E-state index in [1.54, 1.807) is 46.6 Å². The third-order valence-electron chi connectivity index (χ3n) is 11.4. The molecule has 2 aliphatic rings. The number of likely N-dealkylation sites (tertiary alicyclic amines) is 2. The molecule has 8 rings (SSSR count). The molecule has 3 N–H and O–H groups in total. The van der Waals surface area contributed by atoms with E-state index >= 15 is 0 Å². The van der Waals surface area contributed by atoms with Crippen molar-refractivity contribution >= 4 is 40.1 Å². The molecule has 3 amide bonds. The van der Waals surface area contributed by atoms with E-state index in [4.69, 9.17) is 4.52 Å². The van der Waals surface area contributed by atoms with Crippen molar-refractivity contribution in [2.24, 2.45) is 5.92 Å². The number of H-pyrrole nitrogens is 1. The van der Waals surface area contributed by atoms with Crippen LogP contribution in [-0.2, 0) is 9.59 Å². The van der Waals surface area contributed by atoms with Crippen LogP contribution < -0.4 is 5.32 Å². The number of benzene rings is 2. The van der Waals surface area contributed by atoms with Gasteiger partial charge in [0.25, 0.3) is 5.91 Å². The molecule has 0 spiro atoms. The molecule has 0 unspecified atom stereocenters. The van der Waals surface area contributed by atoms with Crippen LogP contribution in [0.15, 0.2) is 76.8 Å². The highest BCUT2D eigenvalue weighted by Gasteiger charge is 2.41. The number of aromatic amines is 1. The Balaban J connectivity index is 0.885. The summed E-state index contributed by atoms with van der Waals surface area (Å²) in [5.41, 5.74) is 7.71. The average Bonchev–Trinajstić information content (AvgIpc) is 4.05. The van der Waals surface area contributed by atoms with Crippen molar-refractivity contribution in [3.63, 3.8) is 0 Å². The Kier molecular flexibility index (Phi) is 10.6. The van der Waals surface area contributed by atoms with Gasteiger partial charge in [0.05, 0.1) is 33.5 Å². The van der Waals surface area contributed by atoms with E-state index in [2.05, 4.69) is 42.8 Å². The molecule has 0 saturated carbocycles. The summed E-state index contributed by atoms with van der Waals surface area (Å²) in [4.78, 5) is 53.6. The predicted octanol–water partition coefficient (Wildman–Crippen LogP) is 7.38. The molecule has 6 aromatic rings. The number of nitrogens with one attached hydrogen (secondary N) is 2. The van der Waals surface area contributed by atoms with Crippen LogP contribution in [-0.4, -0.2) is 83.6 Å². The number of carbonyl (C=O) groups excluding carboxylic acids is 3. The molecule has 13 nitrogen and oxygen atoms in total. The first-order valence-electron chi connectivity index (χ1n) is 19.6. The van der Waals surface area contributed by atoms with Gasteiger partial charge in [-0.1, -0.05) is 55.4 Å². The number of fused-ring (bicyclic) bond motifs is 1. The fraction of sp³-hybridized carbons (Fsp3) is 0.372. The van der Waals surface area contributed by atoms with Gasteiger partial charge in [-0.05, 0) is 80.8 Å². The summed E-state index contributed by atoms with van der Waals surface area (Å²) in [6.07, 6.45) is 2.73. The number of amides is 3. The molecule has 4 aromatic heterocycles. The Labute approximate surface area is 334 Å². The fourth-order valence-corrected chi connectivity index (χ4v) is 8.98. The monoisotopic (exact) mass is 786 g/mol. The Bertz CT molecular complexity index is 2410. The number of carbonyl (C=O) groups is 3. The molecule has 6 heterocycles. The maximum absolute atomic E-state index is 14.2. The van der Waals surface area contributed by atoms with Crippen LogP contribution in [0.3, 0.4) is 0 Å². The van der Waals surface area contributed by atoms with Crippen LogP contribution in [0.4, 0.5) is 0 Å². The van der Waals surface area contributed by atoms with E-state index in [1.807, 2.05) is 62.4 Å². The molecule has 2 fully saturated rings. The minimum atomic E-state index is -0.585. The van der Waals surface area contributed by atoms with Crippen LogP contribution in [0.5, 0.6) is 5.75 Å². The first-order valence-corrected chi connectivity index (χ1v) is 20.5. The van der Waals surface area contributed by atoms with Crippen LogP contribution in [0.2, 0.25) is 0 Å². The summed E-state index contributed by atoms with van der Waals surface area (Å²) < 4.78 is 5.89. The number of aromatic hydroxyl groups is 1. The highest BCUT2D eigenvalue weighted by atomic mass is 32.1. The number of rotatable bonds is 10. The van der Waals surface area contributed by atoms with Crippen molar-refractivity contribution in [3.05, 3.63) is 101 Å². The zero-order chi connectivity index (χ0) is 39.8. The SMILES string of the molecule is Cc1ncsc1-c1ccc([C@H](C)NC(=O)[C@@H]2CCCN2C(=O)[C@H](c2cc(C3CCN(C(=O)c4cc5cc(-c6ccccc6O)nnc5[nH]4)CC3)no2)C(C)C)cc1. The van der Waals surface area contributed by atoms with Crippen molar-refractivity contribution in [1.82, 2.24) is 40.4 Å². The lowest BCUT2D eigenvalue weighted by atomic mass is 9.89. The molecule has 2 aromatic carbocycles. The topological polar surface area (TPSA) is 170 Å². The largest absolute Gasteiger partial charge is 0.507 e. The average molecular weight is 787 g/mol. The number of piperidine rings is 1. The Hall–Kier alpha value is -5.89. The van der Waals surface area contributed by atoms with E-state index in [0.29, 0.717) is 67.3 Å². The van der Waals surface area contributed by atoms with Crippen molar-refractivity contribution < 1.29 is 24.0 Å². The fourth-order valence-electron chi connectivity index (χ4n) is 8.17. The first kappa shape index (κ1) is 38.0. The Morgan fingerprint density at radius 1 is 0.965 bits per heavy atom. The molecule has 2 aliphatic heterocycles. The molecule has 0 aliphatic carbocycles. The van der Waals surface area contributed by atoms with E-state index in [9.17, 15) is 19.5 Å². The van der Waals surface area contributed by atoms with Gasteiger partial charge in [0, 0.05) is 42.6 Å². The second kappa shape index (κ2) is 15.9. The number of aromatic nitrogens is 5. The number of hydrogen-bond donors (Lipinski definition) is 3. The molecule has 2 saturated heterocycles. The lowest BCUT2D eigenvalue weighted by Gasteiger charge is -2.31. The predicted molar refractivity (Wildman–Crippen MR) is 217 cm³/mol. The highest BCUT2D eigenvalue weighted by Crippen LogP contribution is 2.36. The maximum atomic E-state index is 14.2. The summed E-state index contributed by atoms with van der Waals surface area (Å²) in [5.74, 6) is -0.403. The van der Waals surface area contributed by atoms with Crippen molar-refractivity contribution in [2.45, 2.75) is 77.3 Å². The smallest absolute Gasteiger partial charge is 0.270 e. The van der Waals surface area contributed by atoms with Gasteiger partial charge in [-0.2, -0.15) is 0 Å². The number of aryl methyl sites for hydroxylation is 1. The van der Waals surface area contributed by atoms with E-state index in [0.717, 1.165) is 39.2 Å². The Morgan fingerprint density at radius 2 is 1.74 bits per heavy atom. The molecule has 57 heavy (non-hydrogen) atoms. The number of thiazole rings is 1. The van der Waals surface area contributed by atoms with E-state index < -0.39 is 12.0 Å². The highest BCUT2D eigenvalue weighted by molar-refractivity contribution is 7.13. The van der Waals surface area contributed by atoms with Crippen LogP contribution >= 0.6 is 11.3 Å². The molecule has 0 bridgehead atoms. The second-order valence-electron chi connectivity index (χ2n) is 15.5. The molecule has 0 radical (unpaired) electrons. The van der Waals surface area contributed by atoms with Gasteiger partial charge in [0.2, 0.25) is 11.8 Å². The van der Waals surface area contributed by atoms with Gasteiger partial charge >= 0.3 is 0 Å². The summed E-state index contributed by atoms with van der Waals surface area (Å²) in [6, 6.07) is 19.8. The van der Waals surface area contributed by atoms with Crippen molar-refractivity contribution in [2.75, 3.05) is 19.6 Å². The normalized spacial score (nSPS) is 17.3. The van der Waals surface area contributed by atoms with Crippen molar-refractivity contribution in [3.8, 4) is 27.4 Å². The lowest BCUT2D eigenvalue weighted by Crippen LogP contribution is -2.48. The van der Waals surface area contributed by atoms with Gasteiger partial charge in [-0.15, -0.1) is 21.5 Å². The lowest BCUT2D eigenvalue weighted by molar-refractivity contribution is -0.141. The summed E-state index contributed by atoms with van der Waals surface area (Å²) >= 11 is 1.61. The summed E-state index contributed by atoms with van der Waals surface area (Å²) in [5, 5.41) is 27.1. The molecular weight excluding hydrogens is 741 g/mol. The van der Waals surface area contributed by atoms with Gasteiger partial charge in [-0.25, -0.2) is 4.98 Å². The van der Waals surface area contributed by atoms with Gasteiger partial charge < -0.3 is 29.7 Å². The standard InChI is InChI=1S/C43H46N8O5S/c1-24(2)38(43(55)51-17-7-9-35(51)41(53)45-25(3)27-11-13-29(14-12-27)39-26(4)44-23-57-39)37-22-32(49-56-37)28-15-18-50(19-16-28)42(54)34-21-30-20-33(47-48-40(30)46-34)31-8-5-6-10-36(31)52/h5-6,8,10-14,20-25,28,35,38,52H,7,9,15-19H2,1-4H3,(H,45,53)(H,46,48)/t25-,35-,38-/m0/s1. The summed E-state index contributed by atoms with van der Waals surface area (Å²) in [6.45, 7) is 9.50. The maximum Gasteiger partial charge on any atom is 0.270 e.